The van der Waals surface area contributed by atoms with E-state index in [1.807, 2.05) is 0 Å². The SMILES string of the molecule is CN1C(=O)c2c(cccc2C(F)(F)F)[C@H]2CN(C(=O)OC(C)(C)C)C[C@@H]21. The zero-order valence-corrected chi connectivity index (χ0v) is 15.1. The van der Waals surface area contributed by atoms with Gasteiger partial charge in [-0.3, -0.25) is 4.79 Å². The van der Waals surface area contributed by atoms with Crippen LogP contribution in [0, 0.1) is 0 Å². The summed E-state index contributed by atoms with van der Waals surface area (Å²) in [4.78, 5) is 27.7. The third kappa shape index (κ3) is 3.12. The summed E-state index contributed by atoms with van der Waals surface area (Å²) in [5, 5.41) is 0. The molecule has 2 amide bonds. The third-order valence-corrected chi connectivity index (χ3v) is 4.77. The predicted molar refractivity (Wildman–Crippen MR) is 87.9 cm³/mol. The molecule has 0 aliphatic carbocycles. The second-order valence-corrected chi connectivity index (χ2v) is 7.74. The van der Waals surface area contributed by atoms with Gasteiger partial charge in [0, 0.05) is 26.1 Å². The van der Waals surface area contributed by atoms with E-state index in [1.165, 1.54) is 22.9 Å². The van der Waals surface area contributed by atoms with Gasteiger partial charge in [0.25, 0.3) is 5.91 Å². The summed E-state index contributed by atoms with van der Waals surface area (Å²) in [6.07, 6.45) is -5.14. The van der Waals surface area contributed by atoms with Crippen molar-refractivity contribution in [1.29, 1.82) is 0 Å². The van der Waals surface area contributed by atoms with Crippen LogP contribution < -0.4 is 0 Å². The highest BCUT2D eigenvalue weighted by Gasteiger charge is 2.49. The lowest BCUT2D eigenvalue weighted by Crippen LogP contribution is -2.46. The van der Waals surface area contributed by atoms with Crippen molar-refractivity contribution in [3.8, 4) is 0 Å². The van der Waals surface area contributed by atoms with Crippen LogP contribution in [0.5, 0.6) is 0 Å². The highest BCUT2D eigenvalue weighted by atomic mass is 19.4. The van der Waals surface area contributed by atoms with Gasteiger partial charge in [-0.2, -0.15) is 13.2 Å². The van der Waals surface area contributed by atoms with Crippen LogP contribution in [0.4, 0.5) is 18.0 Å². The molecule has 1 fully saturated rings. The largest absolute Gasteiger partial charge is 0.444 e. The number of alkyl halides is 3. The Morgan fingerprint density at radius 1 is 1.19 bits per heavy atom. The summed E-state index contributed by atoms with van der Waals surface area (Å²) in [5.41, 5.74) is -1.57. The molecule has 1 saturated heterocycles. The maximum Gasteiger partial charge on any atom is 0.417 e. The smallest absolute Gasteiger partial charge is 0.417 e. The minimum atomic E-state index is -4.61. The molecule has 8 heteroatoms. The van der Waals surface area contributed by atoms with Crippen LogP contribution in [0.2, 0.25) is 0 Å². The lowest BCUT2D eigenvalue weighted by molar-refractivity contribution is -0.138. The van der Waals surface area contributed by atoms with Crippen LogP contribution in [0.25, 0.3) is 0 Å². The Morgan fingerprint density at radius 3 is 2.42 bits per heavy atom. The second-order valence-electron chi connectivity index (χ2n) is 7.74. The van der Waals surface area contributed by atoms with Gasteiger partial charge in [0.1, 0.15) is 5.60 Å². The number of halogens is 3. The molecule has 0 bridgehead atoms. The van der Waals surface area contributed by atoms with Gasteiger partial charge >= 0.3 is 12.3 Å². The third-order valence-electron chi connectivity index (χ3n) is 4.77. The summed E-state index contributed by atoms with van der Waals surface area (Å²) in [5.74, 6) is -1.04. The number of fused-ring (bicyclic) bond motifs is 3. The van der Waals surface area contributed by atoms with Gasteiger partial charge in [-0.25, -0.2) is 4.79 Å². The number of hydrogen-bond acceptors (Lipinski definition) is 3. The molecule has 3 rings (SSSR count). The van der Waals surface area contributed by atoms with E-state index in [2.05, 4.69) is 0 Å². The highest BCUT2D eigenvalue weighted by molar-refractivity contribution is 5.99. The Balaban J connectivity index is 1.98. The van der Waals surface area contributed by atoms with Crippen LogP contribution in [-0.4, -0.2) is 53.6 Å². The van der Waals surface area contributed by atoms with E-state index in [9.17, 15) is 22.8 Å². The fourth-order valence-electron chi connectivity index (χ4n) is 3.64. The molecule has 0 radical (unpaired) electrons. The summed E-state index contributed by atoms with van der Waals surface area (Å²) in [7, 11) is 1.48. The first-order valence-electron chi connectivity index (χ1n) is 8.35. The van der Waals surface area contributed by atoms with E-state index < -0.39 is 29.3 Å². The van der Waals surface area contributed by atoms with E-state index in [1.54, 1.807) is 26.8 Å². The van der Waals surface area contributed by atoms with Gasteiger partial charge in [0.2, 0.25) is 0 Å². The molecular formula is C18H21F3N2O3. The molecule has 0 N–H and O–H groups in total. The van der Waals surface area contributed by atoms with Crippen molar-refractivity contribution in [3.63, 3.8) is 0 Å². The molecule has 2 aliphatic heterocycles. The molecule has 0 unspecified atom stereocenters. The fraction of sp³-hybridized carbons (Fsp3) is 0.556. The van der Waals surface area contributed by atoms with Crippen LogP contribution >= 0.6 is 0 Å². The number of rotatable bonds is 0. The van der Waals surface area contributed by atoms with Crippen molar-refractivity contribution < 1.29 is 27.5 Å². The first kappa shape index (κ1) is 18.5. The van der Waals surface area contributed by atoms with Gasteiger partial charge in [0.05, 0.1) is 17.2 Å². The molecule has 0 aromatic heterocycles. The Morgan fingerprint density at radius 2 is 1.85 bits per heavy atom. The standard InChI is InChI=1S/C18H21F3N2O3/c1-17(2,3)26-16(25)23-8-11-10-6-5-7-12(18(19,20)21)14(10)15(24)22(4)13(11)9-23/h5-7,11,13H,8-9H2,1-4H3/t11-,13+/m1/s1. The molecule has 1 aromatic rings. The summed E-state index contributed by atoms with van der Waals surface area (Å²) in [6.45, 7) is 5.68. The highest BCUT2D eigenvalue weighted by Crippen LogP contribution is 2.43. The van der Waals surface area contributed by atoms with Crippen LogP contribution in [0.3, 0.4) is 0 Å². The number of carbonyl (C=O) groups is 2. The maximum absolute atomic E-state index is 13.4. The molecule has 2 atom stereocenters. The number of likely N-dealkylation sites (N-methyl/N-ethyl adjacent to an activating group) is 1. The Kier molecular flexibility index (Phi) is 4.20. The van der Waals surface area contributed by atoms with Gasteiger partial charge in [0.15, 0.2) is 0 Å². The zero-order chi connectivity index (χ0) is 19.4. The van der Waals surface area contributed by atoms with Crippen molar-refractivity contribution >= 4 is 12.0 Å². The van der Waals surface area contributed by atoms with Gasteiger partial charge in [-0.1, -0.05) is 12.1 Å². The van der Waals surface area contributed by atoms with Crippen LogP contribution in [0.1, 0.15) is 48.2 Å². The first-order valence-corrected chi connectivity index (χ1v) is 8.35. The lowest BCUT2D eigenvalue weighted by atomic mass is 9.83. The van der Waals surface area contributed by atoms with Crippen molar-refractivity contribution in [2.45, 2.75) is 44.5 Å². The molecule has 142 valence electrons. The molecular weight excluding hydrogens is 349 g/mol. The average molecular weight is 370 g/mol. The normalized spacial score (nSPS) is 23.0. The van der Waals surface area contributed by atoms with E-state index in [-0.39, 0.29) is 30.6 Å². The molecule has 0 saturated carbocycles. The Bertz CT molecular complexity index is 755. The number of likely N-dealkylation sites (tertiary alicyclic amines) is 1. The first-order chi connectivity index (χ1) is 11.9. The topological polar surface area (TPSA) is 49.9 Å². The fourth-order valence-corrected chi connectivity index (χ4v) is 3.64. The summed E-state index contributed by atoms with van der Waals surface area (Å²) < 4.78 is 45.4. The minimum Gasteiger partial charge on any atom is -0.444 e. The number of carbonyl (C=O) groups excluding carboxylic acids is 2. The van der Waals surface area contributed by atoms with E-state index >= 15 is 0 Å². The van der Waals surface area contributed by atoms with E-state index in [0.29, 0.717) is 5.56 Å². The molecule has 0 spiro atoms. The zero-order valence-electron chi connectivity index (χ0n) is 15.1. The number of nitrogens with zero attached hydrogens (tertiary/aromatic N) is 2. The van der Waals surface area contributed by atoms with Crippen LogP contribution in [0.15, 0.2) is 18.2 Å². The second kappa shape index (κ2) is 5.89. The van der Waals surface area contributed by atoms with Crippen molar-refractivity contribution in [2.75, 3.05) is 20.1 Å². The van der Waals surface area contributed by atoms with Crippen molar-refractivity contribution in [3.05, 3.63) is 34.9 Å². The summed E-state index contributed by atoms with van der Waals surface area (Å²) >= 11 is 0. The number of hydrogen-bond donors (Lipinski definition) is 0. The predicted octanol–water partition coefficient (Wildman–Crippen LogP) is 3.49. The van der Waals surface area contributed by atoms with Gasteiger partial charge in [-0.15, -0.1) is 0 Å². The summed E-state index contributed by atoms with van der Waals surface area (Å²) in [6, 6.07) is 3.41. The van der Waals surface area contributed by atoms with Crippen molar-refractivity contribution in [2.24, 2.45) is 0 Å². The van der Waals surface area contributed by atoms with Gasteiger partial charge in [-0.05, 0) is 32.4 Å². The maximum atomic E-state index is 13.4. The average Bonchev–Trinajstić information content (AvgIpc) is 2.95. The molecule has 5 nitrogen and oxygen atoms in total. The molecule has 2 heterocycles. The molecule has 2 aliphatic rings. The Labute approximate surface area is 149 Å². The van der Waals surface area contributed by atoms with E-state index in [4.69, 9.17) is 4.74 Å². The molecule has 1 aromatic carbocycles. The van der Waals surface area contributed by atoms with Crippen LogP contribution in [-0.2, 0) is 10.9 Å². The number of amides is 2. The molecule has 26 heavy (non-hydrogen) atoms. The van der Waals surface area contributed by atoms with Gasteiger partial charge < -0.3 is 14.5 Å². The van der Waals surface area contributed by atoms with Crippen molar-refractivity contribution in [1.82, 2.24) is 9.80 Å². The quantitative estimate of drug-likeness (QED) is 0.702. The Hall–Kier alpha value is -2.25. The minimum absolute atomic E-state index is 0.214. The lowest BCUT2D eigenvalue weighted by Gasteiger charge is -2.36. The van der Waals surface area contributed by atoms with E-state index in [0.717, 1.165) is 6.07 Å². The number of ether oxygens (including phenoxy) is 1. The monoisotopic (exact) mass is 370 g/mol. The number of benzene rings is 1.